The Morgan fingerprint density at radius 3 is 2.68 bits per heavy atom. The third-order valence-corrected chi connectivity index (χ3v) is 4.63. The third kappa shape index (κ3) is 4.44. The predicted octanol–water partition coefficient (Wildman–Crippen LogP) is 2.86. The van der Waals surface area contributed by atoms with E-state index in [0.717, 1.165) is 25.9 Å². The van der Waals surface area contributed by atoms with E-state index in [1.54, 1.807) is 0 Å². The first kappa shape index (κ1) is 15.3. The Morgan fingerprint density at radius 1 is 1.37 bits per heavy atom. The van der Waals surface area contributed by atoms with Crippen LogP contribution in [0.5, 0.6) is 0 Å². The molecule has 1 spiro atoms. The van der Waals surface area contributed by atoms with E-state index in [9.17, 15) is 5.11 Å². The molecule has 2 fully saturated rings. The molecule has 0 aromatic rings. The minimum absolute atomic E-state index is 0.166. The van der Waals surface area contributed by atoms with Gasteiger partial charge in [0.05, 0.1) is 11.2 Å². The second kappa shape index (κ2) is 6.11. The summed E-state index contributed by atoms with van der Waals surface area (Å²) in [5.74, 6) is 0.535. The highest BCUT2D eigenvalue weighted by Gasteiger charge is 2.40. The van der Waals surface area contributed by atoms with Crippen LogP contribution in [0.1, 0.15) is 65.7 Å². The molecule has 2 N–H and O–H groups in total. The van der Waals surface area contributed by atoms with Crippen LogP contribution in [0.4, 0.5) is 0 Å². The number of nitrogens with one attached hydrogen (secondary N) is 1. The fourth-order valence-electron chi connectivity index (χ4n) is 3.89. The second-order valence-electron chi connectivity index (χ2n) is 7.40. The van der Waals surface area contributed by atoms with E-state index in [1.165, 1.54) is 25.7 Å². The maximum atomic E-state index is 10.4. The highest BCUT2D eigenvalue weighted by molar-refractivity contribution is 4.94. The van der Waals surface area contributed by atoms with Crippen LogP contribution in [0.25, 0.3) is 0 Å². The van der Waals surface area contributed by atoms with Crippen LogP contribution in [0.3, 0.4) is 0 Å². The summed E-state index contributed by atoms with van der Waals surface area (Å²) < 4.78 is 6.05. The predicted molar refractivity (Wildman–Crippen MR) is 78.3 cm³/mol. The first-order chi connectivity index (χ1) is 8.91. The molecule has 3 heteroatoms. The summed E-state index contributed by atoms with van der Waals surface area (Å²) in [6, 6.07) is 0.519. The zero-order chi connectivity index (χ0) is 13.9. The van der Waals surface area contributed by atoms with Crippen molar-refractivity contribution < 1.29 is 9.84 Å². The van der Waals surface area contributed by atoms with Crippen molar-refractivity contribution in [2.75, 3.05) is 13.2 Å². The molecule has 2 rings (SSSR count). The van der Waals surface area contributed by atoms with Crippen molar-refractivity contribution in [3.05, 3.63) is 0 Å². The van der Waals surface area contributed by atoms with Crippen molar-refractivity contribution in [1.82, 2.24) is 5.32 Å². The first-order valence-corrected chi connectivity index (χ1v) is 8.01. The number of hydrogen-bond donors (Lipinski definition) is 2. The standard InChI is InChI=1S/C16H31NO2/c1-13(2)10-15(3,18)12-17-14-6-9-19-16(11-14)7-4-5-8-16/h13-14,17-18H,4-12H2,1-3H3. The Labute approximate surface area is 118 Å². The molecule has 2 atom stereocenters. The van der Waals surface area contributed by atoms with Crippen molar-refractivity contribution in [1.29, 1.82) is 0 Å². The lowest BCUT2D eigenvalue weighted by molar-refractivity contribution is -0.0861. The van der Waals surface area contributed by atoms with Crippen LogP contribution in [0, 0.1) is 5.92 Å². The molecule has 0 aromatic heterocycles. The molecule has 1 heterocycles. The van der Waals surface area contributed by atoms with Crippen molar-refractivity contribution in [2.45, 2.75) is 83.0 Å². The van der Waals surface area contributed by atoms with Gasteiger partial charge in [-0.25, -0.2) is 0 Å². The minimum Gasteiger partial charge on any atom is -0.389 e. The van der Waals surface area contributed by atoms with Crippen molar-refractivity contribution >= 4 is 0 Å². The molecule has 2 aliphatic rings. The summed E-state index contributed by atoms with van der Waals surface area (Å²) in [5.41, 5.74) is -0.421. The molecule has 2 unspecified atom stereocenters. The van der Waals surface area contributed by atoms with Crippen LogP contribution >= 0.6 is 0 Å². The highest BCUT2D eigenvalue weighted by Crippen LogP contribution is 2.40. The van der Waals surface area contributed by atoms with Crippen LogP contribution in [-0.4, -0.2) is 35.5 Å². The zero-order valence-corrected chi connectivity index (χ0v) is 12.9. The van der Waals surface area contributed by atoms with Gasteiger partial charge < -0.3 is 15.2 Å². The maximum absolute atomic E-state index is 10.4. The van der Waals surface area contributed by atoms with Gasteiger partial charge in [0.1, 0.15) is 0 Å². The smallest absolute Gasteiger partial charge is 0.0746 e. The van der Waals surface area contributed by atoms with E-state index in [1.807, 2.05) is 6.92 Å². The number of ether oxygens (including phenoxy) is 1. The Balaban J connectivity index is 1.79. The van der Waals surface area contributed by atoms with Crippen molar-refractivity contribution in [3.8, 4) is 0 Å². The summed E-state index contributed by atoms with van der Waals surface area (Å²) in [7, 11) is 0. The van der Waals surface area contributed by atoms with Crippen LogP contribution in [0.2, 0.25) is 0 Å². The number of hydrogen-bond acceptors (Lipinski definition) is 3. The Morgan fingerprint density at radius 2 is 2.05 bits per heavy atom. The molecule has 0 bridgehead atoms. The third-order valence-electron chi connectivity index (χ3n) is 4.63. The SMILES string of the molecule is CC(C)CC(C)(O)CNC1CCOC2(CCCC2)C1. The van der Waals surface area contributed by atoms with Crippen LogP contribution in [-0.2, 0) is 4.74 Å². The average Bonchev–Trinajstić information content (AvgIpc) is 2.73. The van der Waals surface area contributed by atoms with Gasteiger partial charge in [-0.05, 0) is 44.9 Å². The van der Waals surface area contributed by atoms with E-state index < -0.39 is 5.60 Å². The summed E-state index contributed by atoms with van der Waals surface area (Å²) in [5, 5.41) is 14.0. The second-order valence-corrected chi connectivity index (χ2v) is 7.40. The molecule has 112 valence electrons. The van der Waals surface area contributed by atoms with Gasteiger partial charge >= 0.3 is 0 Å². The van der Waals surface area contributed by atoms with Gasteiger partial charge in [-0.2, -0.15) is 0 Å². The molecule has 19 heavy (non-hydrogen) atoms. The van der Waals surface area contributed by atoms with Crippen LogP contribution in [0.15, 0.2) is 0 Å². The molecule has 3 nitrogen and oxygen atoms in total. The minimum atomic E-state index is -0.588. The van der Waals surface area contributed by atoms with Gasteiger partial charge in [0.25, 0.3) is 0 Å². The summed E-state index contributed by atoms with van der Waals surface area (Å²) >= 11 is 0. The molecule has 0 aromatic carbocycles. The number of aliphatic hydroxyl groups is 1. The zero-order valence-electron chi connectivity index (χ0n) is 12.9. The summed E-state index contributed by atoms with van der Waals surface area (Å²) in [6.45, 7) is 7.85. The van der Waals surface area contributed by atoms with Gasteiger partial charge in [0.2, 0.25) is 0 Å². The topological polar surface area (TPSA) is 41.5 Å². The first-order valence-electron chi connectivity index (χ1n) is 8.01. The van der Waals surface area contributed by atoms with Crippen LogP contribution < -0.4 is 5.32 Å². The van der Waals surface area contributed by atoms with E-state index in [2.05, 4.69) is 19.2 Å². The molecule has 0 radical (unpaired) electrons. The largest absolute Gasteiger partial charge is 0.389 e. The average molecular weight is 269 g/mol. The maximum Gasteiger partial charge on any atom is 0.0746 e. The Kier molecular flexibility index (Phi) is 4.91. The lowest BCUT2D eigenvalue weighted by atomic mass is 9.88. The lowest BCUT2D eigenvalue weighted by Gasteiger charge is -2.39. The highest BCUT2D eigenvalue weighted by atomic mass is 16.5. The Bertz CT molecular complexity index is 282. The molecule has 0 amide bonds. The van der Waals surface area contributed by atoms with Gasteiger partial charge in [-0.1, -0.05) is 26.7 Å². The monoisotopic (exact) mass is 269 g/mol. The van der Waals surface area contributed by atoms with Crippen molar-refractivity contribution in [3.63, 3.8) is 0 Å². The molecular weight excluding hydrogens is 238 g/mol. The molecule has 1 saturated heterocycles. The summed E-state index contributed by atoms with van der Waals surface area (Å²) in [4.78, 5) is 0. The van der Waals surface area contributed by atoms with Crippen molar-refractivity contribution in [2.24, 2.45) is 5.92 Å². The van der Waals surface area contributed by atoms with E-state index in [0.29, 0.717) is 18.5 Å². The van der Waals surface area contributed by atoms with Gasteiger partial charge in [0.15, 0.2) is 0 Å². The molecule has 1 aliphatic heterocycles. The van der Waals surface area contributed by atoms with E-state index in [4.69, 9.17) is 4.74 Å². The quantitative estimate of drug-likeness (QED) is 0.806. The fraction of sp³-hybridized carbons (Fsp3) is 1.00. The van der Waals surface area contributed by atoms with E-state index in [-0.39, 0.29) is 5.60 Å². The van der Waals surface area contributed by atoms with Gasteiger partial charge in [-0.15, -0.1) is 0 Å². The van der Waals surface area contributed by atoms with E-state index >= 15 is 0 Å². The van der Waals surface area contributed by atoms with Gasteiger partial charge in [-0.3, -0.25) is 0 Å². The Hall–Kier alpha value is -0.120. The summed E-state index contributed by atoms with van der Waals surface area (Å²) in [6.07, 6.45) is 8.16. The normalized spacial score (nSPS) is 29.8. The molecule has 1 saturated carbocycles. The lowest BCUT2D eigenvalue weighted by Crippen LogP contribution is -2.49. The molecule has 1 aliphatic carbocycles. The molecular formula is C16H31NO2. The fourth-order valence-corrected chi connectivity index (χ4v) is 3.89. The van der Waals surface area contributed by atoms with Gasteiger partial charge in [0, 0.05) is 19.2 Å². The number of rotatable bonds is 5.